The smallest absolute Gasteiger partial charge is 0.00172 e. The Labute approximate surface area is 136 Å². The number of rotatable bonds is 11. The Hall–Kier alpha value is -0.470. The quantitative estimate of drug-likeness (QED) is 0.582. The minimum Gasteiger partial charge on any atom is -0.316 e. The molecule has 1 nitrogen and oxygen atoms in total. The van der Waals surface area contributed by atoms with Crippen LogP contribution in [0.5, 0.6) is 0 Å². The number of nitrogens with one attached hydrogen (secondary N) is 1. The van der Waals surface area contributed by atoms with Crippen LogP contribution in [0.3, 0.4) is 0 Å². The Morgan fingerprint density at radius 3 is 2.43 bits per heavy atom. The summed E-state index contributed by atoms with van der Waals surface area (Å²) in [5.41, 5.74) is 2.84. The third kappa shape index (κ3) is 9.21. The summed E-state index contributed by atoms with van der Waals surface area (Å²) in [6, 6.07) is 9.07. The van der Waals surface area contributed by atoms with Gasteiger partial charge in [0.1, 0.15) is 0 Å². The standard InChI is InChI=1S/C19H33NS/c1-5-21-12-6-7-19(15-20-14-16(2)3)13-18-10-8-17(4)9-11-18/h8-11,16,19-20H,5-7,12-15H2,1-4H3. The van der Waals surface area contributed by atoms with Crippen molar-refractivity contribution in [2.24, 2.45) is 11.8 Å². The fourth-order valence-electron chi connectivity index (χ4n) is 2.53. The SMILES string of the molecule is CCSCCCC(CNCC(C)C)Cc1ccc(C)cc1. The van der Waals surface area contributed by atoms with E-state index in [9.17, 15) is 0 Å². The van der Waals surface area contributed by atoms with E-state index in [4.69, 9.17) is 0 Å². The second-order valence-corrected chi connectivity index (χ2v) is 7.84. The summed E-state index contributed by atoms with van der Waals surface area (Å²) in [4.78, 5) is 0. The van der Waals surface area contributed by atoms with Crippen molar-refractivity contribution >= 4 is 11.8 Å². The topological polar surface area (TPSA) is 12.0 Å². The molecule has 0 heterocycles. The van der Waals surface area contributed by atoms with Crippen LogP contribution in [-0.4, -0.2) is 24.6 Å². The van der Waals surface area contributed by atoms with Crippen molar-refractivity contribution in [3.63, 3.8) is 0 Å². The highest BCUT2D eigenvalue weighted by molar-refractivity contribution is 7.99. The number of aryl methyl sites for hydroxylation is 1. The first-order valence-electron chi connectivity index (χ1n) is 8.45. The predicted octanol–water partition coefficient (Wildman–Crippen LogP) is 4.93. The lowest BCUT2D eigenvalue weighted by Crippen LogP contribution is -2.27. The number of hydrogen-bond donors (Lipinski definition) is 1. The Bertz CT molecular complexity index is 358. The highest BCUT2D eigenvalue weighted by Gasteiger charge is 2.10. The third-order valence-corrected chi connectivity index (χ3v) is 4.72. The molecule has 120 valence electrons. The summed E-state index contributed by atoms with van der Waals surface area (Å²) < 4.78 is 0. The zero-order valence-corrected chi connectivity index (χ0v) is 15.1. The van der Waals surface area contributed by atoms with Crippen molar-refractivity contribution in [2.45, 2.75) is 47.0 Å². The summed E-state index contributed by atoms with van der Waals surface area (Å²) in [6.07, 6.45) is 3.90. The largest absolute Gasteiger partial charge is 0.316 e. The molecule has 0 radical (unpaired) electrons. The molecule has 0 aliphatic heterocycles. The Morgan fingerprint density at radius 1 is 1.10 bits per heavy atom. The van der Waals surface area contributed by atoms with Gasteiger partial charge in [-0.1, -0.05) is 50.6 Å². The monoisotopic (exact) mass is 307 g/mol. The molecule has 0 amide bonds. The molecule has 1 aromatic carbocycles. The van der Waals surface area contributed by atoms with E-state index < -0.39 is 0 Å². The van der Waals surface area contributed by atoms with Crippen LogP contribution in [0, 0.1) is 18.8 Å². The minimum atomic E-state index is 0.737. The molecule has 21 heavy (non-hydrogen) atoms. The van der Waals surface area contributed by atoms with E-state index in [0.29, 0.717) is 0 Å². The molecule has 0 spiro atoms. The van der Waals surface area contributed by atoms with Gasteiger partial charge in [0.2, 0.25) is 0 Å². The second-order valence-electron chi connectivity index (χ2n) is 6.45. The van der Waals surface area contributed by atoms with Gasteiger partial charge in [-0.25, -0.2) is 0 Å². The van der Waals surface area contributed by atoms with E-state index in [1.807, 2.05) is 0 Å². The summed E-state index contributed by atoms with van der Waals surface area (Å²) in [6.45, 7) is 11.3. The number of benzene rings is 1. The van der Waals surface area contributed by atoms with Crippen molar-refractivity contribution in [3.8, 4) is 0 Å². The van der Waals surface area contributed by atoms with Gasteiger partial charge in [-0.15, -0.1) is 0 Å². The van der Waals surface area contributed by atoms with Gasteiger partial charge < -0.3 is 5.32 Å². The molecule has 2 heteroatoms. The van der Waals surface area contributed by atoms with E-state index in [1.54, 1.807) is 0 Å². The van der Waals surface area contributed by atoms with Crippen LogP contribution in [0.2, 0.25) is 0 Å². The van der Waals surface area contributed by atoms with Gasteiger partial charge in [-0.3, -0.25) is 0 Å². The normalized spacial score (nSPS) is 12.8. The molecular formula is C19H33NS. The van der Waals surface area contributed by atoms with Gasteiger partial charge in [0, 0.05) is 0 Å². The molecule has 0 saturated carbocycles. The molecule has 0 aliphatic rings. The van der Waals surface area contributed by atoms with E-state index in [1.165, 1.54) is 41.9 Å². The maximum absolute atomic E-state index is 3.65. The maximum atomic E-state index is 3.65. The zero-order chi connectivity index (χ0) is 15.5. The molecule has 1 unspecified atom stereocenters. The molecule has 1 atom stereocenters. The van der Waals surface area contributed by atoms with E-state index in [-0.39, 0.29) is 0 Å². The summed E-state index contributed by atoms with van der Waals surface area (Å²) in [5, 5.41) is 3.65. The molecule has 0 fully saturated rings. The van der Waals surface area contributed by atoms with Gasteiger partial charge >= 0.3 is 0 Å². The molecular weight excluding hydrogens is 274 g/mol. The van der Waals surface area contributed by atoms with E-state index in [0.717, 1.165) is 24.9 Å². The maximum Gasteiger partial charge on any atom is -0.00172 e. The first-order chi connectivity index (χ1) is 10.1. The number of thioether (sulfide) groups is 1. The van der Waals surface area contributed by atoms with Gasteiger partial charge in [0.15, 0.2) is 0 Å². The van der Waals surface area contributed by atoms with Gasteiger partial charge in [-0.2, -0.15) is 11.8 Å². The summed E-state index contributed by atoms with van der Waals surface area (Å²) in [5.74, 6) is 4.06. The average Bonchev–Trinajstić information content (AvgIpc) is 2.45. The van der Waals surface area contributed by atoms with Crippen molar-refractivity contribution in [1.82, 2.24) is 5.32 Å². The summed E-state index contributed by atoms with van der Waals surface area (Å²) >= 11 is 2.07. The molecule has 1 rings (SSSR count). The van der Waals surface area contributed by atoms with Crippen LogP contribution in [0.15, 0.2) is 24.3 Å². The Morgan fingerprint density at radius 2 is 1.81 bits per heavy atom. The van der Waals surface area contributed by atoms with Gasteiger partial charge in [0.25, 0.3) is 0 Å². The average molecular weight is 308 g/mol. The van der Waals surface area contributed by atoms with Crippen LogP contribution in [0.4, 0.5) is 0 Å². The fourth-order valence-corrected chi connectivity index (χ4v) is 3.19. The van der Waals surface area contributed by atoms with Crippen LogP contribution in [0.25, 0.3) is 0 Å². The molecule has 0 aromatic heterocycles. The lowest BCUT2D eigenvalue weighted by molar-refractivity contribution is 0.422. The Kier molecular flexibility index (Phi) is 9.86. The molecule has 1 aromatic rings. The van der Waals surface area contributed by atoms with E-state index in [2.05, 4.69) is 69.0 Å². The van der Waals surface area contributed by atoms with E-state index >= 15 is 0 Å². The van der Waals surface area contributed by atoms with Crippen LogP contribution in [-0.2, 0) is 6.42 Å². The lowest BCUT2D eigenvalue weighted by Gasteiger charge is -2.19. The highest BCUT2D eigenvalue weighted by Crippen LogP contribution is 2.16. The summed E-state index contributed by atoms with van der Waals surface area (Å²) in [7, 11) is 0. The molecule has 0 saturated heterocycles. The van der Waals surface area contributed by atoms with Crippen LogP contribution < -0.4 is 5.32 Å². The minimum absolute atomic E-state index is 0.737. The zero-order valence-electron chi connectivity index (χ0n) is 14.3. The van der Waals surface area contributed by atoms with Crippen LogP contribution in [0.1, 0.15) is 44.7 Å². The van der Waals surface area contributed by atoms with Crippen molar-refractivity contribution in [2.75, 3.05) is 24.6 Å². The highest BCUT2D eigenvalue weighted by atomic mass is 32.2. The third-order valence-electron chi connectivity index (χ3n) is 3.74. The van der Waals surface area contributed by atoms with Gasteiger partial charge in [0.05, 0.1) is 0 Å². The Balaban J connectivity index is 2.43. The molecule has 0 aliphatic carbocycles. The van der Waals surface area contributed by atoms with Crippen molar-refractivity contribution < 1.29 is 0 Å². The predicted molar refractivity (Wildman–Crippen MR) is 98.3 cm³/mol. The molecule has 1 N–H and O–H groups in total. The number of hydrogen-bond acceptors (Lipinski definition) is 2. The first kappa shape index (κ1) is 18.6. The first-order valence-corrected chi connectivity index (χ1v) is 9.61. The van der Waals surface area contributed by atoms with Crippen molar-refractivity contribution in [3.05, 3.63) is 35.4 Å². The van der Waals surface area contributed by atoms with Gasteiger partial charge in [-0.05, 0) is 68.2 Å². The van der Waals surface area contributed by atoms with Crippen LogP contribution >= 0.6 is 11.8 Å². The van der Waals surface area contributed by atoms with Crippen molar-refractivity contribution in [1.29, 1.82) is 0 Å². The lowest BCUT2D eigenvalue weighted by atomic mass is 9.94. The fraction of sp³-hybridized carbons (Fsp3) is 0.684. The second kappa shape index (κ2) is 11.1. The molecule has 0 bridgehead atoms.